The highest BCUT2D eigenvalue weighted by Crippen LogP contribution is 2.24. The highest BCUT2D eigenvalue weighted by atomic mass is 79.9. The van der Waals surface area contributed by atoms with Crippen LogP contribution >= 0.6 is 15.9 Å². The Hall–Kier alpha value is -1.48. The maximum Gasteiger partial charge on any atom is 0.242 e. The first-order chi connectivity index (χ1) is 8.36. The maximum absolute atomic E-state index is 13.5. The number of benzene rings is 1. The monoisotopic (exact) mass is 316 g/mol. The van der Waals surface area contributed by atoms with E-state index in [2.05, 4.69) is 21.2 Å². The third-order valence-corrected chi connectivity index (χ3v) is 2.80. The van der Waals surface area contributed by atoms with Gasteiger partial charge in [-0.05, 0) is 18.1 Å². The third-order valence-electron chi connectivity index (χ3n) is 2.34. The molecule has 0 heterocycles. The van der Waals surface area contributed by atoms with Gasteiger partial charge in [-0.2, -0.15) is 5.26 Å². The quantitative estimate of drug-likeness (QED) is 0.928. The molecule has 0 radical (unpaired) electrons. The molecule has 0 saturated carbocycles. The average Bonchev–Trinajstić information content (AvgIpc) is 2.23. The molecule has 1 atom stereocenters. The Kier molecular flexibility index (Phi) is 4.79. The minimum absolute atomic E-state index is 0.233. The van der Waals surface area contributed by atoms with Crippen LogP contribution in [-0.2, 0) is 4.79 Å². The van der Waals surface area contributed by atoms with Gasteiger partial charge in [0.05, 0.1) is 6.07 Å². The lowest BCUT2D eigenvalue weighted by molar-refractivity contribution is -0.119. The summed E-state index contributed by atoms with van der Waals surface area (Å²) in [5.74, 6) is -3.69. The number of hydrogen-bond donors (Lipinski definition) is 1. The van der Waals surface area contributed by atoms with Crippen molar-refractivity contribution in [2.75, 3.05) is 5.32 Å². The minimum Gasteiger partial charge on any atom is -0.320 e. The number of anilines is 1. The number of carbonyl (C=O) groups is 1. The molecule has 1 amide bonds. The second-order valence-corrected chi connectivity index (χ2v) is 5.00. The molecule has 1 unspecified atom stereocenters. The summed E-state index contributed by atoms with van der Waals surface area (Å²) < 4.78 is 27.2. The predicted octanol–water partition coefficient (Wildman–Crippen LogP) is 3.46. The summed E-state index contributed by atoms with van der Waals surface area (Å²) in [5, 5.41) is 10.9. The average molecular weight is 317 g/mol. The summed E-state index contributed by atoms with van der Waals surface area (Å²) in [5.41, 5.74) is -0.538. The molecular formula is C12H11BrF2N2O. The van der Waals surface area contributed by atoms with Crippen molar-refractivity contribution in [3.05, 3.63) is 28.2 Å². The predicted molar refractivity (Wildman–Crippen MR) is 66.6 cm³/mol. The van der Waals surface area contributed by atoms with E-state index in [1.807, 2.05) is 0 Å². The lowest BCUT2D eigenvalue weighted by Gasteiger charge is -2.14. The molecule has 0 bridgehead atoms. The summed E-state index contributed by atoms with van der Waals surface area (Å²) in [4.78, 5) is 11.7. The van der Waals surface area contributed by atoms with Crippen molar-refractivity contribution in [1.82, 2.24) is 0 Å². The number of hydrogen-bond acceptors (Lipinski definition) is 2. The van der Waals surface area contributed by atoms with Gasteiger partial charge in [-0.1, -0.05) is 29.8 Å². The standard InChI is InChI=1S/C12H11BrF2N2O/c1-6(2)8(5-16)12(18)17-11-9(14)3-7(13)4-10(11)15/h3-4,6,8H,1-2H3,(H,17,18). The van der Waals surface area contributed by atoms with Crippen LogP contribution in [0.5, 0.6) is 0 Å². The molecule has 1 aromatic carbocycles. The Morgan fingerprint density at radius 1 is 1.39 bits per heavy atom. The number of carbonyl (C=O) groups excluding carboxylic acids is 1. The molecule has 96 valence electrons. The normalized spacial score (nSPS) is 12.1. The molecule has 1 aromatic rings. The van der Waals surface area contributed by atoms with Crippen LogP contribution in [0.4, 0.5) is 14.5 Å². The number of halogens is 3. The van der Waals surface area contributed by atoms with Crippen molar-refractivity contribution in [2.24, 2.45) is 11.8 Å². The van der Waals surface area contributed by atoms with E-state index >= 15 is 0 Å². The number of rotatable bonds is 3. The van der Waals surface area contributed by atoms with E-state index < -0.39 is 29.1 Å². The lowest BCUT2D eigenvalue weighted by atomic mass is 9.96. The molecule has 3 nitrogen and oxygen atoms in total. The first kappa shape index (κ1) is 14.6. The van der Waals surface area contributed by atoms with Crippen molar-refractivity contribution in [3.63, 3.8) is 0 Å². The Balaban J connectivity index is 2.99. The van der Waals surface area contributed by atoms with Gasteiger partial charge in [-0.3, -0.25) is 4.79 Å². The second-order valence-electron chi connectivity index (χ2n) is 4.08. The Labute approximate surface area is 112 Å². The van der Waals surface area contributed by atoms with E-state index in [1.54, 1.807) is 19.9 Å². The SMILES string of the molecule is CC(C)C(C#N)C(=O)Nc1c(F)cc(Br)cc1F. The third kappa shape index (κ3) is 3.26. The largest absolute Gasteiger partial charge is 0.320 e. The fraction of sp³-hybridized carbons (Fsp3) is 0.333. The van der Waals surface area contributed by atoms with Gasteiger partial charge >= 0.3 is 0 Å². The molecule has 1 N–H and O–H groups in total. The van der Waals surface area contributed by atoms with Crippen molar-refractivity contribution < 1.29 is 13.6 Å². The molecule has 0 spiro atoms. The topological polar surface area (TPSA) is 52.9 Å². The fourth-order valence-electron chi connectivity index (χ4n) is 1.37. The highest BCUT2D eigenvalue weighted by molar-refractivity contribution is 9.10. The van der Waals surface area contributed by atoms with Crippen LogP contribution in [-0.4, -0.2) is 5.91 Å². The van der Waals surface area contributed by atoms with Crippen molar-refractivity contribution in [2.45, 2.75) is 13.8 Å². The summed E-state index contributed by atoms with van der Waals surface area (Å²) in [6.07, 6.45) is 0. The molecular weight excluding hydrogens is 306 g/mol. The zero-order valence-electron chi connectivity index (χ0n) is 9.80. The van der Waals surface area contributed by atoms with Crippen LogP contribution in [0.1, 0.15) is 13.8 Å². The van der Waals surface area contributed by atoms with E-state index in [0.717, 1.165) is 12.1 Å². The van der Waals surface area contributed by atoms with Crippen LogP contribution in [0.2, 0.25) is 0 Å². The first-order valence-corrected chi connectivity index (χ1v) is 6.01. The van der Waals surface area contributed by atoms with Crippen LogP contribution < -0.4 is 5.32 Å². The van der Waals surface area contributed by atoms with Gasteiger partial charge in [0.25, 0.3) is 0 Å². The molecule has 0 aliphatic carbocycles. The van der Waals surface area contributed by atoms with Crippen LogP contribution in [0.15, 0.2) is 16.6 Å². The number of amides is 1. The summed E-state index contributed by atoms with van der Waals surface area (Å²) in [7, 11) is 0. The van der Waals surface area contributed by atoms with E-state index in [-0.39, 0.29) is 10.4 Å². The van der Waals surface area contributed by atoms with Crippen LogP contribution in [0.3, 0.4) is 0 Å². The first-order valence-electron chi connectivity index (χ1n) is 5.21. The number of nitrogens with one attached hydrogen (secondary N) is 1. The smallest absolute Gasteiger partial charge is 0.242 e. The van der Waals surface area contributed by atoms with Gasteiger partial charge in [-0.15, -0.1) is 0 Å². The van der Waals surface area contributed by atoms with Crippen molar-refractivity contribution >= 4 is 27.5 Å². The molecule has 0 aliphatic rings. The van der Waals surface area contributed by atoms with Gasteiger partial charge in [-0.25, -0.2) is 8.78 Å². The highest BCUT2D eigenvalue weighted by Gasteiger charge is 2.24. The molecule has 6 heteroatoms. The summed E-state index contributed by atoms with van der Waals surface area (Å²) >= 11 is 2.93. The Bertz CT molecular complexity index is 488. The summed E-state index contributed by atoms with van der Waals surface area (Å²) in [6, 6.07) is 3.88. The molecule has 0 aliphatic heterocycles. The van der Waals surface area contributed by atoms with E-state index in [4.69, 9.17) is 5.26 Å². The van der Waals surface area contributed by atoms with Gasteiger partial charge in [0.1, 0.15) is 11.6 Å². The van der Waals surface area contributed by atoms with Gasteiger partial charge in [0, 0.05) is 4.47 Å². The number of nitriles is 1. The van der Waals surface area contributed by atoms with E-state index in [0.29, 0.717) is 0 Å². The fourth-order valence-corrected chi connectivity index (χ4v) is 1.77. The maximum atomic E-state index is 13.5. The molecule has 1 rings (SSSR count). The number of nitrogens with zero attached hydrogens (tertiary/aromatic N) is 1. The Morgan fingerprint density at radius 2 is 1.89 bits per heavy atom. The second kappa shape index (κ2) is 5.91. The molecule has 18 heavy (non-hydrogen) atoms. The van der Waals surface area contributed by atoms with E-state index in [9.17, 15) is 13.6 Å². The van der Waals surface area contributed by atoms with Crippen LogP contribution in [0, 0.1) is 34.8 Å². The van der Waals surface area contributed by atoms with Crippen LogP contribution in [0.25, 0.3) is 0 Å². The summed E-state index contributed by atoms with van der Waals surface area (Å²) in [6.45, 7) is 3.36. The zero-order valence-corrected chi connectivity index (χ0v) is 11.4. The minimum atomic E-state index is -0.951. The molecule has 0 fully saturated rings. The molecule has 0 saturated heterocycles. The van der Waals surface area contributed by atoms with Gasteiger partial charge in [0.15, 0.2) is 11.6 Å². The van der Waals surface area contributed by atoms with E-state index in [1.165, 1.54) is 0 Å². The zero-order chi connectivity index (χ0) is 13.9. The van der Waals surface area contributed by atoms with Gasteiger partial charge in [0.2, 0.25) is 5.91 Å². The van der Waals surface area contributed by atoms with Gasteiger partial charge < -0.3 is 5.32 Å². The lowest BCUT2D eigenvalue weighted by Crippen LogP contribution is -2.26. The molecule has 0 aromatic heterocycles. The van der Waals surface area contributed by atoms with Crippen molar-refractivity contribution in [3.8, 4) is 6.07 Å². The Morgan fingerprint density at radius 3 is 2.28 bits per heavy atom. The van der Waals surface area contributed by atoms with Crippen molar-refractivity contribution in [1.29, 1.82) is 5.26 Å².